The van der Waals surface area contributed by atoms with Crippen LogP contribution in [0.15, 0.2) is 24.7 Å². The molecule has 3 aromatic rings. The highest BCUT2D eigenvalue weighted by atomic mass is 16.4. The van der Waals surface area contributed by atoms with Gasteiger partial charge >= 0.3 is 5.97 Å². The number of imidazole rings is 2. The largest absolute Gasteiger partial charge is 0.480 e. The van der Waals surface area contributed by atoms with Crippen molar-refractivity contribution < 1.29 is 9.90 Å². The molecule has 1 N–H and O–H groups in total. The summed E-state index contributed by atoms with van der Waals surface area (Å²) in [4.78, 5) is 20.0. The highest BCUT2D eigenvalue weighted by Gasteiger charge is 2.17. The Morgan fingerprint density at radius 2 is 2.00 bits per heavy atom. The standard InChI is InChI=1S/C15H16N4O2/c1-9-4-11-13(5-10(9)2)19(7-14(20)21)15(17-11)12-6-18(3)8-16-12/h4-6,8H,7H2,1-3H3,(H,20,21). The molecule has 0 aliphatic carbocycles. The second-order valence-corrected chi connectivity index (χ2v) is 5.26. The molecule has 1 aromatic carbocycles. The summed E-state index contributed by atoms with van der Waals surface area (Å²) in [6.45, 7) is 3.89. The third-order valence-corrected chi connectivity index (χ3v) is 3.59. The van der Waals surface area contributed by atoms with Crippen LogP contribution >= 0.6 is 0 Å². The molecule has 0 bridgehead atoms. The van der Waals surface area contributed by atoms with E-state index in [-0.39, 0.29) is 6.54 Å². The van der Waals surface area contributed by atoms with Crippen molar-refractivity contribution in [2.45, 2.75) is 20.4 Å². The molecule has 0 atom stereocenters. The molecule has 21 heavy (non-hydrogen) atoms. The van der Waals surface area contributed by atoms with E-state index < -0.39 is 5.97 Å². The molecule has 0 aliphatic rings. The molecule has 0 saturated heterocycles. The van der Waals surface area contributed by atoms with Crippen molar-refractivity contribution in [1.82, 2.24) is 19.1 Å². The van der Waals surface area contributed by atoms with Gasteiger partial charge in [-0.3, -0.25) is 4.79 Å². The number of aromatic nitrogens is 4. The first-order chi connectivity index (χ1) is 9.95. The maximum atomic E-state index is 11.2. The van der Waals surface area contributed by atoms with Gasteiger partial charge in [0.15, 0.2) is 5.82 Å². The minimum absolute atomic E-state index is 0.134. The number of carbonyl (C=O) groups is 1. The van der Waals surface area contributed by atoms with E-state index >= 15 is 0 Å². The molecule has 6 heteroatoms. The van der Waals surface area contributed by atoms with Gasteiger partial charge < -0.3 is 14.2 Å². The van der Waals surface area contributed by atoms with Gasteiger partial charge in [0.1, 0.15) is 12.2 Å². The van der Waals surface area contributed by atoms with Crippen molar-refractivity contribution in [3.05, 3.63) is 35.8 Å². The Morgan fingerprint density at radius 1 is 1.29 bits per heavy atom. The molecular formula is C15H16N4O2. The smallest absolute Gasteiger partial charge is 0.323 e. The highest BCUT2D eigenvalue weighted by Crippen LogP contribution is 2.26. The molecule has 0 fully saturated rings. The van der Waals surface area contributed by atoms with Crippen LogP contribution in [0.3, 0.4) is 0 Å². The summed E-state index contributed by atoms with van der Waals surface area (Å²) in [5.41, 5.74) is 4.53. The lowest BCUT2D eigenvalue weighted by Crippen LogP contribution is -2.10. The molecule has 2 heterocycles. The predicted molar refractivity (Wildman–Crippen MR) is 79.0 cm³/mol. The number of rotatable bonds is 3. The Kier molecular flexibility index (Phi) is 3.01. The van der Waals surface area contributed by atoms with Crippen LogP contribution in [0, 0.1) is 13.8 Å². The van der Waals surface area contributed by atoms with E-state index in [1.807, 2.05) is 43.8 Å². The van der Waals surface area contributed by atoms with Gasteiger partial charge in [0.25, 0.3) is 0 Å². The molecule has 0 spiro atoms. The second kappa shape index (κ2) is 4.73. The van der Waals surface area contributed by atoms with Gasteiger partial charge in [0, 0.05) is 13.2 Å². The quantitative estimate of drug-likeness (QED) is 0.799. The minimum Gasteiger partial charge on any atom is -0.480 e. The highest BCUT2D eigenvalue weighted by molar-refractivity contribution is 5.83. The van der Waals surface area contributed by atoms with Crippen LogP contribution in [-0.4, -0.2) is 30.2 Å². The number of carboxylic acid groups (broad SMARTS) is 1. The lowest BCUT2D eigenvalue weighted by molar-refractivity contribution is -0.137. The maximum absolute atomic E-state index is 11.2. The number of benzene rings is 1. The SMILES string of the molecule is Cc1cc2nc(-c3cn(C)cn3)n(CC(=O)O)c2cc1C. The van der Waals surface area contributed by atoms with Gasteiger partial charge in [-0.1, -0.05) is 0 Å². The summed E-state index contributed by atoms with van der Waals surface area (Å²) in [5.74, 6) is -0.317. The average molecular weight is 284 g/mol. The van der Waals surface area contributed by atoms with E-state index in [0.717, 1.165) is 22.2 Å². The Morgan fingerprint density at radius 3 is 2.62 bits per heavy atom. The molecule has 6 nitrogen and oxygen atoms in total. The molecule has 3 rings (SSSR count). The first-order valence-corrected chi connectivity index (χ1v) is 6.63. The van der Waals surface area contributed by atoms with Crippen molar-refractivity contribution >= 4 is 17.0 Å². The maximum Gasteiger partial charge on any atom is 0.323 e. The van der Waals surface area contributed by atoms with Gasteiger partial charge in [0.05, 0.1) is 17.4 Å². The molecule has 108 valence electrons. The summed E-state index contributed by atoms with van der Waals surface area (Å²) in [7, 11) is 1.87. The first-order valence-electron chi connectivity index (χ1n) is 6.63. The fourth-order valence-electron chi connectivity index (χ4n) is 2.40. The number of hydrogen-bond donors (Lipinski definition) is 1. The van der Waals surface area contributed by atoms with Crippen molar-refractivity contribution in [3.63, 3.8) is 0 Å². The van der Waals surface area contributed by atoms with Crippen LogP contribution in [0.1, 0.15) is 11.1 Å². The third-order valence-electron chi connectivity index (χ3n) is 3.59. The average Bonchev–Trinajstić information content (AvgIpc) is 2.95. The second-order valence-electron chi connectivity index (χ2n) is 5.26. The Bertz CT molecular complexity index is 845. The number of fused-ring (bicyclic) bond motifs is 1. The first kappa shape index (κ1) is 13.4. The zero-order chi connectivity index (χ0) is 15.1. The molecule has 2 aromatic heterocycles. The third kappa shape index (κ3) is 2.29. The molecule has 0 radical (unpaired) electrons. The van der Waals surface area contributed by atoms with E-state index in [4.69, 9.17) is 0 Å². The fourth-order valence-corrected chi connectivity index (χ4v) is 2.40. The molecule has 0 aliphatic heterocycles. The lowest BCUT2D eigenvalue weighted by atomic mass is 10.1. The van der Waals surface area contributed by atoms with Crippen LogP contribution in [0.4, 0.5) is 0 Å². The number of nitrogens with zero attached hydrogens (tertiary/aromatic N) is 4. The Balaban J connectivity index is 2.29. The van der Waals surface area contributed by atoms with Gasteiger partial charge in [-0.05, 0) is 37.1 Å². The van der Waals surface area contributed by atoms with E-state index in [2.05, 4.69) is 9.97 Å². The molecule has 0 amide bonds. The monoisotopic (exact) mass is 284 g/mol. The normalized spacial score (nSPS) is 11.2. The minimum atomic E-state index is -0.898. The Labute approximate surface area is 121 Å². The Hall–Kier alpha value is -2.63. The molecule has 0 saturated carbocycles. The number of hydrogen-bond acceptors (Lipinski definition) is 3. The van der Waals surface area contributed by atoms with E-state index in [9.17, 15) is 9.90 Å². The van der Waals surface area contributed by atoms with E-state index in [1.165, 1.54) is 0 Å². The van der Waals surface area contributed by atoms with E-state index in [0.29, 0.717) is 11.5 Å². The summed E-state index contributed by atoms with van der Waals surface area (Å²) in [6.07, 6.45) is 3.51. The fraction of sp³-hybridized carbons (Fsp3) is 0.267. The van der Waals surface area contributed by atoms with Crippen molar-refractivity contribution in [1.29, 1.82) is 0 Å². The van der Waals surface area contributed by atoms with Crippen molar-refractivity contribution in [3.8, 4) is 11.5 Å². The summed E-state index contributed by atoms with van der Waals surface area (Å²) >= 11 is 0. The number of carboxylic acids is 1. The van der Waals surface area contributed by atoms with Crippen molar-refractivity contribution in [2.24, 2.45) is 7.05 Å². The van der Waals surface area contributed by atoms with Crippen LogP contribution in [0.5, 0.6) is 0 Å². The number of aryl methyl sites for hydroxylation is 3. The summed E-state index contributed by atoms with van der Waals surface area (Å²) in [5, 5.41) is 9.17. The lowest BCUT2D eigenvalue weighted by Gasteiger charge is -2.05. The molecular weight excluding hydrogens is 268 g/mol. The zero-order valence-electron chi connectivity index (χ0n) is 12.2. The predicted octanol–water partition coefficient (Wildman–Crippen LogP) is 2.14. The van der Waals surface area contributed by atoms with Crippen LogP contribution in [-0.2, 0) is 18.4 Å². The number of aliphatic carboxylic acids is 1. The van der Waals surface area contributed by atoms with E-state index in [1.54, 1.807) is 10.9 Å². The zero-order valence-corrected chi connectivity index (χ0v) is 12.2. The van der Waals surface area contributed by atoms with Gasteiger partial charge in [-0.15, -0.1) is 0 Å². The van der Waals surface area contributed by atoms with Gasteiger partial charge in [-0.2, -0.15) is 0 Å². The van der Waals surface area contributed by atoms with Crippen molar-refractivity contribution in [2.75, 3.05) is 0 Å². The van der Waals surface area contributed by atoms with Crippen LogP contribution in [0.25, 0.3) is 22.6 Å². The summed E-state index contributed by atoms with van der Waals surface area (Å²) < 4.78 is 3.52. The summed E-state index contributed by atoms with van der Waals surface area (Å²) in [6, 6.07) is 3.96. The van der Waals surface area contributed by atoms with Gasteiger partial charge in [-0.25, -0.2) is 9.97 Å². The van der Waals surface area contributed by atoms with Crippen LogP contribution in [0.2, 0.25) is 0 Å². The van der Waals surface area contributed by atoms with Gasteiger partial charge in [0.2, 0.25) is 0 Å². The molecule has 0 unspecified atom stereocenters. The topological polar surface area (TPSA) is 72.9 Å². The van der Waals surface area contributed by atoms with Crippen LogP contribution < -0.4 is 0 Å².